The fourth-order valence-electron chi connectivity index (χ4n) is 1.08. The van der Waals surface area contributed by atoms with Gasteiger partial charge in [0.1, 0.15) is 11.8 Å². The lowest BCUT2D eigenvalue weighted by atomic mass is 9.94. The van der Waals surface area contributed by atoms with E-state index in [1.165, 1.54) is 0 Å². The molecule has 0 aliphatic heterocycles. The number of aldehydes is 1. The molecule has 0 saturated heterocycles. The molecule has 1 radical (unpaired) electrons. The van der Waals surface area contributed by atoms with Crippen molar-refractivity contribution in [1.82, 2.24) is 5.32 Å². The zero-order valence-electron chi connectivity index (χ0n) is 7.38. The van der Waals surface area contributed by atoms with Gasteiger partial charge in [-0.3, -0.25) is 0 Å². The van der Waals surface area contributed by atoms with E-state index in [0.29, 0.717) is 10.6 Å². The smallest absolute Gasteiger partial charge is 0.144 e. The highest BCUT2D eigenvalue weighted by Crippen LogP contribution is 2.25. The molecule has 0 saturated carbocycles. The predicted octanol–water partition coefficient (Wildman–Crippen LogP) is 1.79. The molecule has 13 heavy (non-hydrogen) atoms. The van der Waals surface area contributed by atoms with E-state index in [1.807, 2.05) is 12.1 Å². The third-order valence-electron chi connectivity index (χ3n) is 2.00. The number of carbonyl (C=O) groups excluding carboxylic acids is 1. The Morgan fingerprint density at radius 3 is 2.62 bits per heavy atom. The fourth-order valence-corrected chi connectivity index (χ4v) is 1.38. The molecule has 0 fully saturated rings. The van der Waals surface area contributed by atoms with Crippen LogP contribution < -0.4 is 5.32 Å². The van der Waals surface area contributed by atoms with E-state index in [-0.39, 0.29) is 0 Å². The van der Waals surface area contributed by atoms with Gasteiger partial charge in [-0.2, -0.15) is 0 Å². The first-order valence-corrected chi connectivity index (χ1v) is 4.27. The lowest BCUT2D eigenvalue weighted by Gasteiger charge is -2.23. The van der Waals surface area contributed by atoms with Gasteiger partial charge in [0.2, 0.25) is 0 Å². The lowest BCUT2D eigenvalue weighted by molar-refractivity contribution is -0.112. The molecule has 0 aliphatic carbocycles. The highest BCUT2D eigenvalue weighted by atomic mass is 35.5. The number of halogens is 1. The second kappa shape index (κ2) is 3.90. The zero-order chi connectivity index (χ0) is 9.90. The van der Waals surface area contributed by atoms with Crippen LogP contribution in [0.4, 0.5) is 0 Å². The molecule has 1 aromatic carbocycles. The molecule has 0 amide bonds. The molecule has 3 heteroatoms. The van der Waals surface area contributed by atoms with Crippen molar-refractivity contribution in [2.24, 2.45) is 0 Å². The first-order valence-electron chi connectivity index (χ1n) is 3.89. The maximum atomic E-state index is 10.8. The molecular formula is C10H11ClNO. The molecule has 0 bridgehead atoms. The van der Waals surface area contributed by atoms with Gasteiger partial charge in [0.15, 0.2) is 0 Å². The minimum Gasteiger partial charge on any atom is -0.305 e. The first kappa shape index (κ1) is 10.2. The third-order valence-corrected chi connectivity index (χ3v) is 2.33. The zero-order valence-corrected chi connectivity index (χ0v) is 8.14. The second-order valence-electron chi connectivity index (χ2n) is 2.82. The minimum absolute atomic E-state index is 0.541. The van der Waals surface area contributed by atoms with Crippen molar-refractivity contribution in [3.63, 3.8) is 0 Å². The van der Waals surface area contributed by atoms with Crippen molar-refractivity contribution in [1.29, 1.82) is 0 Å². The van der Waals surface area contributed by atoms with Gasteiger partial charge in [0, 0.05) is 5.02 Å². The summed E-state index contributed by atoms with van der Waals surface area (Å²) in [5, 5.41) is 3.36. The number of likely N-dealkylation sites (N-methyl/N-ethyl adjacent to an activating group) is 1. The van der Waals surface area contributed by atoms with Crippen LogP contribution in [0.5, 0.6) is 0 Å². The first-order chi connectivity index (χ1) is 6.14. The Morgan fingerprint density at radius 1 is 1.54 bits per heavy atom. The molecule has 0 heterocycles. The molecule has 1 atom stereocenters. The Balaban J connectivity index is 3.19. The quantitative estimate of drug-likeness (QED) is 0.747. The van der Waals surface area contributed by atoms with E-state index in [4.69, 9.17) is 11.6 Å². The van der Waals surface area contributed by atoms with Crippen molar-refractivity contribution < 1.29 is 4.79 Å². The SMILES string of the molecule is [CH2]C(C=O)(NC)c1ccccc1Cl. The van der Waals surface area contributed by atoms with Gasteiger partial charge in [0.05, 0.1) is 0 Å². The van der Waals surface area contributed by atoms with Crippen LogP contribution >= 0.6 is 11.6 Å². The monoisotopic (exact) mass is 196 g/mol. The highest BCUT2D eigenvalue weighted by Gasteiger charge is 2.25. The standard InChI is InChI=1S/C10H11ClNO/c1-10(7-13,12-2)8-5-3-4-6-9(8)11/h3-7,12H,1H2,2H3. The van der Waals surface area contributed by atoms with Gasteiger partial charge in [-0.25, -0.2) is 0 Å². The normalized spacial score (nSPS) is 15.0. The number of carbonyl (C=O) groups is 1. The lowest BCUT2D eigenvalue weighted by Crippen LogP contribution is -2.38. The molecule has 0 aliphatic rings. The van der Waals surface area contributed by atoms with E-state index in [0.717, 1.165) is 6.29 Å². The number of hydrogen-bond donors (Lipinski definition) is 1. The highest BCUT2D eigenvalue weighted by molar-refractivity contribution is 6.31. The van der Waals surface area contributed by atoms with Crippen molar-refractivity contribution in [2.75, 3.05) is 7.05 Å². The molecule has 1 rings (SSSR count). The van der Waals surface area contributed by atoms with Gasteiger partial charge >= 0.3 is 0 Å². The van der Waals surface area contributed by atoms with E-state index < -0.39 is 5.54 Å². The van der Waals surface area contributed by atoms with Gasteiger partial charge in [0.25, 0.3) is 0 Å². The summed E-state index contributed by atoms with van der Waals surface area (Å²) >= 11 is 5.93. The average Bonchev–Trinajstić information content (AvgIpc) is 2.17. The minimum atomic E-state index is -0.946. The van der Waals surface area contributed by atoms with Crippen molar-refractivity contribution >= 4 is 17.9 Å². The molecule has 69 valence electrons. The van der Waals surface area contributed by atoms with Gasteiger partial charge in [-0.15, -0.1) is 0 Å². The Kier molecular flexibility index (Phi) is 3.07. The Labute approximate surface area is 82.9 Å². The number of nitrogens with one attached hydrogen (secondary N) is 1. The second-order valence-corrected chi connectivity index (χ2v) is 3.23. The molecule has 1 aromatic rings. The van der Waals surface area contributed by atoms with E-state index in [1.54, 1.807) is 19.2 Å². The van der Waals surface area contributed by atoms with Crippen LogP contribution in [0.15, 0.2) is 24.3 Å². The fraction of sp³-hybridized carbons (Fsp3) is 0.200. The van der Waals surface area contributed by atoms with Crippen LogP contribution in [0.3, 0.4) is 0 Å². The largest absolute Gasteiger partial charge is 0.305 e. The van der Waals surface area contributed by atoms with Crippen LogP contribution in [-0.4, -0.2) is 13.3 Å². The molecule has 1 N–H and O–H groups in total. The van der Waals surface area contributed by atoms with Gasteiger partial charge in [-0.05, 0) is 25.6 Å². The summed E-state index contributed by atoms with van der Waals surface area (Å²) in [6, 6.07) is 7.15. The topological polar surface area (TPSA) is 29.1 Å². The molecule has 2 nitrogen and oxygen atoms in total. The van der Waals surface area contributed by atoms with E-state index >= 15 is 0 Å². The summed E-state index contributed by atoms with van der Waals surface area (Å²) in [6.45, 7) is 3.77. The van der Waals surface area contributed by atoms with Crippen LogP contribution in [0.2, 0.25) is 5.02 Å². The van der Waals surface area contributed by atoms with Gasteiger partial charge in [-0.1, -0.05) is 29.8 Å². The van der Waals surface area contributed by atoms with E-state index in [9.17, 15) is 4.79 Å². The van der Waals surface area contributed by atoms with Gasteiger partial charge < -0.3 is 10.1 Å². The van der Waals surface area contributed by atoms with Crippen molar-refractivity contribution in [3.8, 4) is 0 Å². The number of benzene rings is 1. The maximum Gasteiger partial charge on any atom is 0.144 e. The van der Waals surface area contributed by atoms with Crippen LogP contribution in [0.25, 0.3) is 0 Å². The van der Waals surface area contributed by atoms with Crippen LogP contribution in [0, 0.1) is 6.92 Å². The average molecular weight is 197 g/mol. The molecule has 1 unspecified atom stereocenters. The predicted molar refractivity (Wildman–Crippen MR) is 53.6 cm³/mol. The van der Waals surface area contributed by atoms with Crippen LogP contribution in [-0.2, 0) is 10.3 Å². The molecular weight excluding hydrogens is 186 g/mol. The Hall–Kier alpha value is -0.860. The molecule has 0 spiro atoms. The summed E-state index contributed by atoms with van der Waals surface area (Å²) in [5.41, 5.74) is -0.257. The Morgan fingerprint density at radius 2 is 2.15 bits per heavy atom. The number of rotatable bonds is 3. The van der Waals surface area contributed by atoms with E-state index in [2.05, 4.69) is 12.2 Å². The van der Waals surface area contributed by atoms with Crippen molar-refractivity contribution in [2.45, 2.75) is 5.54 Å². The van der Waals surface area contributed by atoms with Crippen molar-refractivity contribution in [3.05, 3.63) is 41.8 Å². The number of hydrogen-bond acceptors (Lipinski definition) is 2. The molecule has 0 aromatic heterocycles. The maximum absolute atomic E-state index is 10.8. The summed E-state index contributed by atoms with van der Waals surface area (Å²) in [4.78, 5) is 10.8. The third kappa shape index (κ3) is 1.90. The summed E-state index contributed by atoms with van der Waals surface area (Å²) in [7, 11) is 1.67. The Bertz CT molecular complexity index is 314. The van der Waals surface area contributed by atoms with Crippen LogP contribution in [0.1, 0.15) is 5.56 Å². The summed E-state index contributed by atoms with van der Waals surface area (Å²) < 4.78 is 0. The summed E-state index contributed by atoms with van der Waals surface area (Å²) in [6.07, 6.45) is 0.744. The summed E-state index contributed by atoms with van der Waals surface area (Å²) in [5.74, 6) is 0.